The number of amides is 1. The summed E-state index contributed by atoms with van der Waals surface area (Å²) in [6.45, 7) is 9.17. The lowest BCUT2D eigenvalue weighted by Crippen LogP contribution is -2.42. The van der Waals surface area contributed by atoms with Gasteiger partial charge in [-0.3, -0.25) is 0 Å². The van der Waals surface area contributed by atoms with E-state index < -0.39 is 5.60 Å². The van der Waals surface area contributed by atoms with E-state index in [-0.39, 0.29) is 6.09 Å². The summed E-state index contributed by atoms with van der Waals surface area (Å²) in [5, 5.41) is 0. The zero-order valence-corrected chi connectivity index (χ0v) is 12.2. The van der Waals surface area contributed by atoms with E-state index in [2.05, 4.69) is 15.7 Å². The van der Waals surface area contributed by atoms with Gasteiger partial charge in [-0.15, -0.1) is 0 Å². The van der Waals surface area contributed by atoms with Crippen LogP contribution in [0.15, 0.2) is 12.5 Å². The Bertz CT molecular complexity index is 440. The molecule has 0 atom stereocenters. The van der Waals surface area contributed by atoms with Gasteiger partial charge in [-0.2, -0.15) is 0 Å². The monoisotopic (exact) mass is 265 g/mol. The molecule has 1 aromatic rings. The Morgan fingerprint density at radius 1 is 1.37 bits per heavy atom. The molecule has 0 aliphatic carbocycles. The highest BCUT2D eigenvalue weighted by atomic mass is 16.6. The second-order valence-corrected chi connectivity index (χ2v) is 6.16. The lowest BCUT2D eigenvalue weighted by molar-refractivity contribution is 0.0188. The Labute approximate surface area is 114 Å². The molecule has 0 radical (unpaired) electrons. The second kappa shape index (κ2) is 5.23. The minimum Gasteiger partial charge on any atom is -0.444 e. The first kappa shape index (κ1) is 13.9. The van der Waals surface area contributed by atoms with Crippen LogP contribution in [0.4, 0.5) is 4.79 Å². The molecular formula is C14H23N3O2. The van der Waals surface area contributed by atoms with Gasteiger partial charge in [0.05, 0.1) is 12.0 Å². The van der Waals surface area contributed by atoms with Gasteiger partial charge in [-0.25, -0.2) is 9.78 Å². The number of rotatable bonds is 1. The quantitative estimate of drug-likeness (QED) is 0.784. The maximum absolute atomic E-state index is 11.9. The van der Waals surface area contributed by atoms with E-state index >= 15 is 0 Å². The molecular weight excluding hydrogens is 242 g/mol. The Morgan fingerprint density at radius 2 is 2.00 bits per heavy atom. The number of piperidine rings is 1. The topological polar surface area (TPSA) is 47.4 Å². The van der Waals surface area contributed by atoms with Gasteiger partial charge < -0.3 is 14.2 Å². The number of hydrogen-bond donors (Lipinski definition) is 0. The third kappa shape index (κ3) is 3.72. The van der Waals surface area contributed by atoms with Crippen LogP contribution in [0.5, 0.6) is 0 Å². The highest BCUT2D eigenvalue weighted by molar-refractivity contribution is 5.68. The van der Waals surface area contributed by atoms with Gasteiger partial charge in [-0.05, 0) is 40.5 Å². The van der Waals surface area contributed by atoms with Crippen LogP contribution in [0.25, 0.3) is 0 Å². The van der Waals surface area contributed by atoms with Crippen molar-refractivity contribution in [2.75, 3.05) is 13.1 Å². The number of aryl methyl sites for hydroxylation is 1. The molecule has 1 fully saturated rings. The molecule has 2 heterocycles. The van der Waals surface area contributed by atoms with E-state index in [1.807, 2.05) is 34.0 Å². The highest BCUT2D eigenvalue weighted by Gasteiger charge is 2.27. The Balaban J connectivity index is 1.87. The van der Waals surface area contributed by atoms with E-state index in [9.17, 15) is 4.79 Å². The largest absolute Gasteiger partial charge is 0.444 e. The fraction of sp³-hybridized carbons (Fsp3) is 0.714. The Kier molecular flexibility index (Phi) is 3.83. The highest BCUT2D eigenvalue weighted by Crippen LogP contribution is 2.23. The fourth-order valence-electron chi connectivity index (χ4n) is 2.31. The molecule has 1 saturated heterocycles. The Morgan fingerprint density at radius 3 is 2.47 bits per heavy atom. The molecule has 106 valence electrons. The van der Waals surface area contributed by atoms with Crippen LogP contribution < -0.4 is 0 Å². The molecule has 1 amide bonds. The van der Waals surface area contributed by atoms with Gasteiger partial charge in [0.2, 0.25) is 0 Å². The van der Waals surface area contributed by atoms with Gasteiger partial charge >= 0.3 is 6.09 Å². The van der Waals surface area contributed by atoms with Gasteiger partial charge in [0.25, 0.3) is 0 Å². The smallest absolute Gasteiger partial charge is 0.410 e. The SMILES string of the molecule is Cc1cn(C2CCN(C(=O)OC(C)(C)C)CC2)cn1. The predicted molar refractivity (Wildman–Crippen MR) is 73.0 cm³/mol. The maximum Gasteiger partial charge on any atom is 0.410 e. The van der Waals surface area contributed by atoms with E-state index in [1.165, 1.54) is 0 Å². The lowest BCUT2D eigenvalue weighted by Gasteiger charge is -2.33. The second-order valence-electron chi connectivity index (χ2n) is 6.16. The number of imidazole rings is 1. The number of likely N-dealkylation sites (tertiary alicyclic amines) is 1. The van der Waals surface area contributed by atoms with Gasteiger partial charge in [0, 0.05) is 25.3 Å². The van der Waals surface area contributed by atoms with Crippen LogP contribution >= 0.6 is 0 Å². The zero-order chi connectivity index (χ0) is 14.0. The molecule has 5 heteroatoms. The number of nitrogens with zero attached hydrogens (tertiary/aromatic N) is 3. The number of ether oxygens (including phenoxy) is 1. The van der Waals surface area contributed by atoms with E-state index in [0.717, 1.165) is 31.6 Å². The average Bonchev–Trinajstić information content (AvgIpc) is 2.74. The van der Waals surface area contributed by atoms with Gasteiger partial charge in [0.1, 0.15) is 5.60 Å². The van der Waals surface area contributed by atoms with Crippen LogP contribution in [0, 0.1) is 6.92 Å². The normalized spacial score (nSPS) is 17.6. The fourth-order valence-corrected chi connectivity index (χ4v) is 2.31. The van der Waals surface area contributed by atoms with Crippen molar-refractivity contribution in [1.29, 1.82) is 0 Å². The standard InChI is InChI=1S/C14H23N3O2/c1-11-9-17(10-15-11)12-5-7-16(8-6-12)13(18)19-14(2,3)4/h9-10,12H,5-8H2,1-4H3. The zero-order valence-electron chi connectivity index (χ0n) is 12.2. The summed E-state index contributed by atoms with van der Waals surface area (Å²) in [6, 6.07) is 0.444. The van der Waals surface area contributed by atoms with E-state index in [4.69, 9.17) is 4.74 Å². The van der Waals surface area contributed by atoms with Crippen molar-refractivity contribution in [1.82, 2.24) is 14.5 Å². The van der Waals surface area contributed by atoms with Crippen molar-refractivity contribution in [2.24, 2.45) is 0 Å². The number of aromatic nitrogens is 2. The molecule has 19 heavy (non-hydrogen) atoms. The first-order chi connectivity index (χ1) is 8.85. The summed E-state index contributed by atoms with van der Waals surface area (Å²) in [4.78, 5) is 18.0. The molecule has 1 aliphatic heterocycles. The molecule has 1 aromatic heterocycles. The van der Waals surface area contributed by atoms with Gasteiger partial charge in [-0.1, -0.05) is 0 Å². The number of carbonyl (C=O) groups is 1. The average molecular weight is 265 g/mol. The van der Waals surface area contributed by atoms with Crippen molar-refractivity contribution < 1.29 is 9.53 Å². The van der Waals surface area contributed by atoms with Crippen LogP contribution in [0.2, 0.25) is 0 Å². The third-order valence-corrected chi connectivity index (χ3v) is 3.27. The first-order valence-electron chi connectivity index (χ1n) is 6.83. The van der Waals surface area contributed by atoms with Crippen molar-refractivity contribution in [3.63, 3.8) is 0 Å². The van der Waals surface area contributed by atoms with Crippen LogP contribution in [-0.4, -0.2) is 39.2 Å². The molecule has 5 nitrogen and oxygen atoms in total. The molecule has 0 bridgehead atoms. The molecule has 0 aromatic carbocycles. The molecule has 2 rings (SSSR count). The summed E-state index contributed by atoms with van der Waals surface area (Å²) in [5.74, 6) is 0. The first-order valence-corrected chi connectivity index (χ1v) is 6.83. The van der Waals surface area contributed by atoms with Crippen molar-refractivity contribution in [3.8, 4) is 0 Å². The molecule has 0 unspecified atom stereocenters. The number of carbonyl (C=O) groups excluding carboxylic acids is 1. The van der Waals surface area contributed by atoms with Gasteiger partial charge in [0.15, 0.2) is 0 Å². The minimum absolute atomic E-state index is 0.201. The van der Waals surface area contributed by atoms with E-state index in [0.29, 0.717) is 6.04 Å². The van der Waals surface area contributed by atoms with Crippen LogP contribution in [0.1, 0.15) is 45.3 Å². The van der Waals surface area contributed by atoms with Crippen LogP contribution in [0.3, 0.4) is 0 Å². The summed E-state index contributed by atoms with van der Waals surface area (Å²) < 4.78 is 7.54. The maximum atomic E-state index is 11.9. The molecule has 0 saturated carbocycles. The third-order valence-electron chi connectivity index (χ3n) is 3.27. The number of hydrogen-bond acceptors (Lipinski definition) is 3. The summed E-state index contributed by atoms with van der Waals surface area (Å²) in [7, 11) is 0. The summed E-state index contributed by atoms with van der Waals surface area (Å²) in [5.41, 5.74) is 0.615. The van der Waals surface area contributed by atoms with Crippen molar-refractivity contribution >= 4 is 6.09 Å². The molecule has 1 aliphatic rings. The lowest BCUT2D eigenvalue weighted by atomic mass is 10.1. The van der Waals surface area contributed by atoms with Crippen molar-refractivity contribution in [2.45, 2.75) is 52.2 Å². The molecule has 0 spiro atoms. The summed E-state index contributed by atoms with van der Waals surface area (Å²) >= 11 is 0. The summed E-state index contributed by atoms with van der Waals surface area (Å²) in [6.07, 6.45) is 5.65. The van der Waals surface area contributed by atoms with E-state index in [1.54, 1.807) is 4.90 Å². The van der Waals surface area contributed by atoms with Crippen molar-refractivity contribution in [3.05, 3.63) is 18.2 Å². The molecule has 0 N–H and O–H groups in total. The Hall–Kier alpha value is -1.52. The minimum atomic E-state index is -0.421. The van der Waals surface area contributed by atoms with Crippen LogP contribution in [-0.2, 0) is 4.74 Å². The predicted octanol–water partition coefficient (Wildman–Crippen LogP) is 2.76.